The van der Waals surface area contributed by atoms with Crippen molar-refractivity contribution in [3.8, 4) is 0 Å². The van der Waals surface area contributed by atoms with Crippen molar-refractivity contribution >= 4 is 15.9 Å². The molecule has 1 N–H and O–H groups in total. The molecular weight excluding hydrogens is 254 g/mol. The van der Waals surface area contributed by atoms with Crippen molar-refractivity contribution in [2.75, 3.05) is 0 Å². The first kappa shape index (κ1) is 12.7. The van der Waals surface area contributed by atoms with Gasteiger partial charge in [0, 0.05) is 18.5 Å². The van der Waals surface area contributed by atoms with Gasteiger partial charge in [0.15, 0.2) is 5.03 Å². The summed E-state index contributed by atoms with van der Waals surface area (Å²) in [6, 6.07) is 0. The van der Waals surface area contributed by atoms with Crippen molar-refractivity contribution in [2.24, 2.45) is 5.92 Å². The predicted octanol–water partition coefficient (Wildman–Crippen LogP) is 0.638. The average Bonchev–Trinajstić information content (AvgIpc) is 3.13. The molecule has 1 aromatic rings. The van der Waals surface area contributed by atoms with Crippen molar-refractivity contribution in [3.05, 3.63) is 30.2 Å². The fourth-order valence-electron chi connectivity index (χ4n) is 1.50. The lowest BCUT2D eigenvalue weighted by atomic mass is 10.2. The van der Waals surface area contributed by atoms with Gasteiger partial charge in [0.25, 0.3) is 15.9 Å². The number of hydrogen-bond acceptors (Lipinski definition) is 5. The molecule has 1 fully saturated rings. The van der Waals surface area contributed by atoms with E-state index in [0.717, 1.165) is 24.6 Å². The molecule has 1 aliphatic rings. The fraction of sp³-hybridized carbons (Fsp3) is 0.364. The SMILES string of the molecule is C/C(=C\C(=O)NS(=O)(=O)c1cnccn1)C1CC1. The Balaban J connectivity index is 2.09. The molecule has 0 aromatic carbocycles. The maximum Gasteiger partial charge on any atom is 0.283 e. The highest BCUT2D eigenvalue weighted by atomic mass is 32.2. The van der Waals surface area contributed by atoms with Crippen LogP contribution in [0.1, 0.15) is 19.8 Å². The van der Waals surface area contributed by atoms with E-state index in [-0.39, 0.29) is 5.03 Å². The first-order valence-electron chi connectivity index (χ1n) is 5.50. The monoisotopic (exact) mass is 267 g/mol. The number of amides is 1. The van der Waals surface area contributed by atoms with Gasteiger partial charge in [-0.3, -0.25) is 9.78 Å². The molecule has 7 heteroatoms. The number of allylic oxidation sites excluding steroid dienone is 1. The van der Waals surface area contributed by atoms with Crippen LogP contribution in [0.5, 0.6) is 0 Å². The van der Waals surface area contributed by atoms with Gasteiger partial charge in [-0.25, -0.2) is 9.71 Å². The normalized spacial score (nSPS) is 16.4. The lowest BCUT2D eigenvalue weighted by Gasteiger charge is -2.03. The summed E-state index contributed by atoms with van der Waals surface area (Å²) in [5, 5.41) is -0.268. The second-order valence-electron chi connectivity index (χ2n) is 4.18. The molecule has 1 amide bonds. The number of sulfonamides is 1. The highest BCUT2D eigenvalue weighted by Gasteiger charge is 2.24. The molecular formula is C11H13N3O3S. The van der Waals surface area contributed by atoms with Crippen LogP contribution >= 0.6 is 0 Å². The van der Waals surface area contributed by atoms with Crippen molar-refractivity contribution in [2.45, 2.75) is 24.8 Å². The quantitative estimate of drug-likeness (QED) is 0.808. The van der Waals surface area contributed by atoms with Crippen LogP contribution in [0.2, 0.25) is 0 Å². The Morgan fingerprint density at radius 1 is 1.44 bits per heavy atom. The maximum absolute atomic E-state index is 11.7. The number of aromatic nitrogens is 2. The van der Waals surface area contributed by atoms with Gasteiger partial charge in [-0.1, -0.05) is 5.57 Å². The molecule has 0 saturated heterocycles. The van der Waals surface area contributed by atoms with Gasteiger partial charge in [-0.15, -0.1) is 0 Å². The summed E-state index contributed by atoms with van der Waals surface area (Å²) in [6.07, 6.45) is 7.15. The van der Waals surface area contributed by atoms with E-state index in [1.54, 1.807) is 0 Å². The van der Waals surface area contributed by atoms with Gasteiger partial charge in [0.05, 0.1) is 6.20 Å². The van der Waals surface area contributed by atoms with Crippen molar-refractivity contribution in [3.63, 3.8) is 0 Å². The molecule has 0 unspecified atom stereocenters. The van der Waals surface area contributed by atoms with E-state index in [2.05, 4.69) is 9.97 Å². The predicted molar refractivity (Wildman–Crippen MR) is 63.8 cm³/mol. The summed E-state index contributed by atoms with van der Waals surface area (Å²) < 4.78 is 25.4. The van der Waals surface area contributed by atoms with Crippen molar-refractivity contribution in [1.29, 1.82) is 0 Å². The molecule has 1 saturated carbocycles. The Labute approximate surface area is 105 Å². The molecule has 0 spiro atoms. The van der Waals surface area contributed by atoms with Crippen LogP contribution in [0.4, 0.5) is 0 Å². The Morgan fingerprint density at radius 3 is 2.72 bits per heavy atom. The standard InChI is InChI=1S/C11H13N3O3S/c1-8(9-2-3-9)6-10(15)14-18(16,17)11-7-12-4-5-13-11/h4-7,9H,2-3H2,1H3,(H,14,15)/b8-6+. The zero-order valence-corrected chi connectivity index (χ0v) is 10.6. The molecule has 1 aromatic heterocycles. The Hall–Kier alpha value is -1.76. The number of nitrogens with one attached hydrogen (secondary N) is 1. The summed E-state index contributed by atoms with van der Waals surface area (Å²) >= 11 is 0. The van der Waals surface area contributed by atoms with Crippen LogP contribution in [0, 0.1) is 5.92 Å². The molecule has 0 aliphatic heterocycles. The summed E-state index contributed by atoms with van der Waals surface area (Å²) in [7, 11) is -3.93. The minimum Gasteiger partial charge on any atom is -0.269 e. The van der Waals surface area contributed by atoms with E-state index in [1.165, 1.54) is 18.5 Å². The first-order chi connectivity index (χ1) is 8.49. The Morgan fingerprint density at radius 2 is 2.17 bits per heavy atom. The number of carbonyl (C=O) groups is 1. The van der Waals surface area contributed by atoms with Gasteiger partial charge in [-0.2, -0.15) is 8.42 Å². The van der Waals surface area contributed by atoms with Gasteiger partial charge < -0.3 is 0 Å². The molecule has 1 aliphatic carbocycles. The van der Waals surface area contributed by atoms with Crippen LogP contribution < -0.4 is 4.72 Å². The second kappa shape index (κ2) is 4.85. The summed E-state index contributed by atoms with van der Waals surface area (Å²) in [6.45, 7) is 1.83. The molecule has 0 atom stereocenters. The number of nitrogens with zero attached hydrogens (tertiary/aromatic N) is 2. The third-order valence-electron chi connectivity index (χ3n) is 2.63. The molecule has 0 bridgehead atoms. The number of carbonyl (C=O) groups excluding carboxylic acids is 1. The van der Waals surface area contributed by atoms with Crippen molar-refractivity contribution in [1.82, 2.24) is 14.7 Å². The van der Waals surface area contributed by atoms with Gasteiger partial charge >= 0.3 is 0 Å². The zero-order valence-electron chi connectivity index (χ0n) is 9.83. The minimum atomic E-state index is -3.93. The molecule has 2 rings (SSSR count). The lowest BCUT2D eigenvalue weighted by Crippen LogP contribution is -2.30. The highest BCUT2D eigenvalue weighted by molar-refractivity contribution is 7.90. The van der Waals surface area contributed by atoms with E-state index in [0.29, 0.717) is 5.92 Å². The Kier molecular flexibility index (Phi) is 3.42. The number of hydrogen-bond donors (Lipinski definition) is 1. The van der Waals surface area contributed by atoms with Crippen LogP contribution in [-0.2, 0) is 14.8 Å². The second-order valence-corrected chi connectivity index (χ2v) is 5.81. The summed E-state index contributed by atoms with van der Waals surface area (Å²) in [4.78, 5) is 18.9. The zero-order chi connectivity index (χ0) is 13.2. The molecule has 0 radical (unpaired) electrons. The third-order valence-corrected chi connectivity index (χ3v) is 3.86. The number of rotatable bonds is 4. The first-order valence-corrected chi connectivity index (χ1v) is 6.98. The van der Waals surface area contributed by atoms with Crippen molar-refractivity contribution < 1.29 is 13.2 Å². The van der Waals surface area contributed by atoms with Crippen LogP contribution in [-0.4, -0.2) is 24.3 Å². The van der Waals surface area contributed by atoms with E-state index in [4.69, 9.17) is 0 Å². The lowest BCUT2D eigenvalue weighted by molar-refractivity contribution is -0.114. The van der Waals surface area contributed by atoms with E-state index >= 15 is 0 Å². The van der Waals surface area contributed by atoms with Crippen LogP contribution in [0.15, 0.2) is 35.3 Å². The largest absolute Gasteiger partial charge is 0.283 e. The van der Waals surface area contributed by atoms with E-state index in [1.807, 2.05) is 11.6 Å². The van der Waals surface area contributed by atoms with Crippen LogP contribution in [0.25, 0.3) is 0 Å². The molecule has 1 heterocycles. The van der Waals surface area contributed by atoms with Gasteiger partial charge in [0.2, 0.25) is 0 Å². The molecule has 6 nitrogen and oxygen atoms in total. The highest BCUT2D eigenvalue weighted by Crippen LogP contribution is 2.35. The molecule has 18 heavy (non-hydrogen) atoms. The fourth-order valence-corrected chi connectivity index (χ4v) is 2.33. The Bertz CT molecular complexity index is 577. The van der Waals surface area contributed by atoms with Gasteiger partial charge in [-0.05, 0) is 25.7 Å². The summed E-state index contributed by atoms with van der Waals surface area (Å²) in [5.74, 6) is -0.222. The van der Waals surface area contributed by atoms with E-state index in [9.17, 15) is 13.2 Å². The average molecular weight is 267 g/mol. The smallest absolute Gasteiger partial charge is 0.269 e. The topological polar surface area (TPSA) is 89.0 Å². The maximum atomic E-state index is 11.7. The van der Waals surface area contributed by atoms with Gasteiger partial charge in [0.1, 0.15) is 0 Å². The summed E-state index contributed by atoms with van der Waals surface area (Å²) in [5.41, 5.74) is 0.904. The van der Waals surface area contributed by atoms with Crippen LogP contribution in [0.3, 0.4) is 0 Å². The third kappa shape index (κ3) is 3.13. The minimum absolute atomic E-state index is 0.268. The van der Waals surface area contributed by atoms with E-state index < -0.39 is 15.9 Å². The molecule has 96 valence electrons.